The quantitative estimate of drug-likeness (QED) is 0.721. The van der Waals surface area contributed by atoms with Crippen molar-refractivity contribution in [1.29, 1.82) is 0 Å². The van der Waals surface area contributed by atoms with Gasteiger partial charge in [0.05, 0.1) is 18.1 Å². The van der Waals surface area contributed by atoms with Gasteiger partial charge in [-0.05, 0) is 73.8 Å². The van der Waals surface area contributed by atoms with Crippen LogP contribution in [0.3, 0.4) is 0 Å². The summed E-state index contributed by atoms with van der Waals surface area (Å²) in [4.78, 5) is 15.3. The zero-order valence-electron chi connectivity index (χ0n) is 18.5. The molecule has 1 amide bonds. The molecule has 32 heavy (non-hydrogen) atoms. The number of hydrogen-bond acceptors (Lipinski definition) is 5. The molecule has 0 atom stereocenters. The number of amides is 1. The van der Waals surface area contributed by atoms with Crippen LogP contribution in [0.2, 0.25) is 0 Å². The van der Waals surface area contributed by atoms with Crippen molar-refractivity contribution in [2.24, 2.45) is 5.92 Å². The fraction of sp³-hybridized carbons (Fsp3) is 0.458. The van der Waals surface area contributed by atoms with E-state index in [1.807, 2.05) is 24.3 Å². The van der Waals surface area contributed by atoms with Crippen LogP contribution in [-0.4, -0.2) is 62.9 Å². The summed E-state index contributed by atoms with van der Waals surface area (Å²) < 4.78 is 32.1. The monoisotopic (exact) mass is 457 g/mol. The molecule has 0 aliphatic carbocycles. The Kier molecular flexibility index (Phi) is 7.25. The smallest absolute Gasteiger partial charge is 0.255 e. The molecule has 8 heteroatoms. The van der Waals surface area contributed by atoms with Crippen molar-refractivity contribution >= 4 is 21.6 Å². The second-order valence-electron chi connectivity index (χ2n) is 8.65. The number of hydrogen-bond donors (Lipinski definition) is 1. The summed E-state index contributed by atoms with van der Waals surface area (Å²) in [5.41, 5.74) is 2.34. The molecule has 2 aromatic rings. The molecule has 2 fully saturated rings. The lowest BCUT2D eigenvalue weighted by molar-refractivity contribution is 0.0730. The number of carbonyl (C=O) groups excluding carboxylic acids is 1. The zero-order chi connectivity index (χ0) is 22.6. The van der Waals surface area contributed by atoms with Crippen molar-refractivity contribution in [2.45, 2.75) is 31.2 Å². The molecule has 2 saturated heterocycles. The minimum atomic E-state index is -3.54. The molecule has 7 nitrogen and oxygen atoms in total. The molecule has 172 valence electrons. The van der Waals surface area contributed by atoms with E-state index in [0.717, 1.165) is 25.6 Å². The Balaban J connectivity index is 1.34. The van der Waals surface area contributed by atoms with Gasteiger partial charge in [0.25, 0.3) is 5.91 Å². The number of likely N-dealkylation sites (tertiary alicyclic amines) is 1. The van der Waals surface area contributed by atoms with E-state index in [0.29, 0.717) is 37.6 Å². The molecular weight excluding hydrogens is 426 g/mol. The molecule has 2 aromatic carbocycles. The average Bonchev–Trinajstić information content (AvgIpc) is 2.82. The van der Waals surface area contributed by atoms with Gasteiger partial charge in [0.15, 0.2) is 0 Å². The van der Waals surface area contributed by atoms with Crippen molar-refractivity contribution in [1.82, 2.24) is 9.21 Å². The lowest BCUT2D eigenvalue weighted by Gasteiger charge is -2.30. The standard InChI is InChI=1S/C24H31N3O4S/c1-19-10-12-26(13-11-19)18-20-2-4-21(5-3-20)24(28)25-22-6-8-23(9-7-22)32(29,30)27-14-16-31-17-15-27/h2-9,19H,10-18H2,1H3,(H,25,28). The molecule has 0 saturated carbocycles. The maximum absolute atomic E-state index is 12.7. The Bertz CT molecular complexity index is 1010. The van der Waals surface area contributed by atoms with Gasteiger partial charge in [0.2, 0.25) is 10.0 Å². The number of benzene rings is 2. The number of nitrogens with one attached hydrogen (secondary N) is 1. The van der Waals surface area contributed by atoms with Crippen LogP contribution in [0.1, 0.15) is 35.7 Å². The van der Waals surface area contributed by atoms with Crippen molar-refractivity contribution in [3.8, 4) is 0 Å². The van der Waals surface area contributed by atoms with Gasteiger partial charge in [-0.2, -0.15) is 4.31 Å². The third kappa shape index (κ3) is 5.56. The van der Waals surface area contributed by atoms with E-state index >= 15 is 0 Å². The molecule has 0 spiro atoms. The highest BCUT2D eigenvalue weighted by atomic mass is 32.2. The summed E-state index contributed by atoms with van der Waals surface area (Å²) in [6.45, 7) is 6.99. The normalized spacial score (nSPS) is 19.0. The van der Waals surface area contributed by atoms with Crippen LogP contribution in [0, 0.1) is 5.92 Å². The number of rotatable bonds is 6. The first-order valence-corrected chi connectivity index (χ1v) is 12.7. The summed E-state index contributed by atoms with van der Waals surface area (Å²) in [6.07, 6.45) is 2.49. The van der Waals surface area contributed by atoms with Gasteiger partial charge in [-0.3, -0.25) is 9.69 Å². The lowest BCUT2D eigenvalue weighted by atomic mass is 9.99. The van der Waals surface area contributed by atoms with Gasteiger partial charge >= 0.3 is 0 Å². The number of morpholine rings is 1. The fourth-order valence-corrected chi connectivity index (χ4v) is 5.50. The minimum Gasteiger partial charge on any atom is -0.379 e. The van der Waals surface area contributed by atoms with E-state index < -0.39 is 10.0 Å². The van der Waals surface area contributed by atoms with Crippen LogP contribution in [-0.2, 0) is 21.3 Å². The average molecular weight is 458 g/mol. The van der Waals surface area contributed by atoms with Crippen molar-refractivity contribution in [2.75, 3.05) is 44.7 Å². The predicted octanol–water partition coefficient (Wildman–Crippen LogP) is 3.19. The number of piperidine rings is 1. The van der Waals surface area contributed by atoms with Crippen LogP contribution in [0.15, 0.2) is 53.4 Å². The molecule has 0 unspecified atom stereocenters. The molecule has 0 aromatic heterocycles. The lowest BCUT2D eigenvalue weighted by Crippen LogP contribution is -2.40. The third-order valence-electron chi connectivity index (χ3n) is 6.22. The van der Waals surface area contributed by atoms with E-state index in [4.69, 9.17) is 4.74 Å². The highest BCUT2D eigenvalue weighted by Crippen LogP contribution is 2.21. The summed E-state index contributed by atoms with van der Waals surface area (Å²) in [6, 6.07) is 14.0. The van der Waals surface area contributed by atoms with Crippen molar-refractivity contribution in [3.05, 3.63) is 59.7 Å². The second-order valence-corrected chi connectivity index (χ2v) is 10.6. The maximum atomic E-state index is 12.7. The SMILES string of the molecule is CC1CCN(Cc2ccc(C(=O)Nc3ccc(S(=O)(=O)N4CCOCC4)cc3)cc2)CC1. The summed E-state index contributed by atoms with van der Waals surface area (Å²) in [5, 5.41) is 2.84. The molecule has 2 aliphatic heterocycles. The van der Waals surface area contributed by atoms with E-state index in [2.05, 4.69) is 17.1 Å². The van der Waals surface area contributed by atoms with Crippen molar-refractivity contribution in [3.63, 3.8) is 0 Å². The van der Waals surface area contributed by atoms with Gasteiger partial charge in [0, 0.05) is 30.9 Å². The predicted molar refractivity (Wildman–Crippen MR) is 124 cm³/mol. The van der Waals surface area contributed by atoms with E-state index in [1.165, 1.54) is 34.8 Å². The Hall–Kier alpha value is -2.26. The van der Waals surface area contributed by atoms with Gasteiger partial charge in [-0.1, -0.05) is 19.1 Å². The van der Waals surface area contributed by atoms with Gasteiger partial charge < -0.3 is 10.1 Å². The van der Waals surface area contributed by atoms with Crippen LogP contribution < -0.4 is 5.32 Å². The minimum absolute atomic E-state index is 0.216. The number of anilines is 1. The molecule has 0 radical (unpaired) electrons. The molecular formula is C24H31N3O4S. The molecule has 0 bridgehead atoms. The van der Waals surface area contributed by atoms with Gasteiger partial charge in [-0.25, -0.2) is 8.42 Å². The largest absolute Gasteiger partial charge is 0.379 e. The topological polar surface area (TPSA) is 79.0 Å². The molecule has 4 rings (SSSR count). The maximum Gasteiger partial charge on any atom is 0.255 e. The van der Waals surface area contributed by atoms with Crippen LogP contribution in [0.5, 0.6) is 0 Å². The summed E-state index contributed by atoms with van der Waals surface area (Å²) >= 11 is 0. The van der Waals surface area contributed by atoms with Gasteiger partial charge in [-0.15, -0.1) is 0 Å². The third-order valence-corrected chi connectivity index (χ3v) is 8.13. The number of ether oxygens (including phenoxy) is 1. The molecule has 1 N–H and O–H groups in total. The number of nitrogens with zero attached hydrogens (tertiary/aromatic N) is 2. The number of carbonyl (C=O) groups is 1. The summed E-state index contributed by atoms with van der Waals surface area (Å²) in [5.74, 6) is 0.595. The molecule has 2 aliphatic rings. The Labute approximate surface area is 190 Å². The Morgan fingerprint density at radius 1 is 0.969 bits per heavy atom. The van der Waals surface area contributed by atoms with E-state index in [1.54, 1.807) is 12.1 Å². The van der Waals surface area contributed by atoms with E-state index in [9.17, 15) is 13.2 Å². The first kappa shape index (κ1) is 22.9. The zero-order valence-corrected chi connectivity index (χ0v) is 19.3. The first-order chi connectivity index (χ1) is 15.4. The van der Waals surface area contributed by atoms with E-state index in [-0.39, 0.29) is 10.8 Å². The first-order valence-electron chi connectivity index (χ1n) is 11.2. The van der Waals surface area contributed by atoms with Crippen molar-refractivity contribution < 1.29 is 17.9 Å². The second kappa shape index (κ2) is 10.1. The molecule has 2 heterocycles. The van der Waals surface area contributed by atoms with Crippen LogP contribution >= 0.6 is 0 Å². The van der Waals surface area contributed by atoms with Crippen LogP contribution in [0.25, 0.3) is 0 Å². The fourth-order valence-electron chi connectivity index (χ4n) is 4.09. The highest BCUT2D eigenvalue weighted by molar-refractivity contribution is 7.89. The van der Waals surface area contributed by atoms with Crippen LogP contribution in [0.4, 0.5) is 5.69 Å². The number of sulfonamides is 1. The summed E-state index contributed by atoms with van der Waals surface area (Å²) in [7, 11) is -3.54. The highest BCUT2D eigenvalue weighted by Gasteiger charge is 2.26. The van der Waals surface area contributed by atoms with Gasteiger partial charge in [0.1, 0.15) is 0 Å². The Morgan fingerprint density at radius 3 is 2.22 bits per heavy atom. The Morgan fingerprint density at radius 2 is 1.59 bits per heavy atom.